The smallest absolute Gasteiger partial charge is 0.256 e. The highest BCUT2D eigenvalue weighted by molar-refractivity contribution is 6.03. The van der Waals surface area contributed by atoms with E-state index >= 15 is 0 Å². The Labute approximate surface area is 185 Å². The molecule has 5 nitrogen and oxygen atoms in total. The predicted octanol–water partition coefficient (Wildman–Crippen LogP) is 5.30. The Morgan fingerprint density at radius 2 is 1.94 bits per heavy atom. The molecule has 162 valence electrons. The number of rotatable bonds is 4. The predicted molar refractivity (Wildman–Crippen MR) is 123 cm³/mol. The molecule has 6 heteroatoms. The molecule has 0 saturated heterocycles. The van der Waals surface area contributed by atoms with Crippen molar-refractivity contribution in [3.63, 3.8) is 0 Å². The summed E-state index contributed by atoms with van der Waals surface area (Å²) in [7, 11) is 1.81. The first-order valence-corrected chi connectivity index (χ1v) is 10.7. The number of nitrogens with zero attached hydrogens (tertiary/aromatic N) is 1. The molecular weight excluding hydrogens is 405 g/mol. The molecule has 1 aliphatic rings. The number of allylic oxidation sites excluding steroid dienone is 1. The number of carbonyl (C=O) groups is 1. The van der Waals surface area contributed by atoms with Crippen LogP contribution in [0.25, 0.3) is 16.5 Å². The van der Waals surface area contributed by atoms with E-state index in [-0.39, 0.29) is 17.6 Å². The largest absolute Gasteiger partial charge is 0.494 e. The molecule has 2 aromatic carbocycles. The molecule has 0 atom stereocenters. The normalized spacial score (nSPS) is 13.2. The molecular formula is C26H24FN3O2. The van der Waals surface area contributed by atoms with Crippen molar-refractivity contribution in [2.75, 3.05) is 7.05 Å². The Kier molecular flexibility index (Phi) is 4.85. The van der Waals surface area contributed by atoms with E-state index in [0.717, 1.165) is 40.9 Å². The number of aromatic nitrogens is 2. The van der Waals surface area contributed by atoms with Gasteiger partial charge in [0.2, 0.25) is 0 Å². The van der Waals surface area contributed by atoms with Crippen LogP contribution in [0.2, 0.25) is 0 Å². The van der Waals surface area contributed by atoms with Crippen LogP contribution in [0.15, 0.2) is 54.6 Å². The zero-order chi connectivity index (χ0) is 22.4. The van der Waals surface area contributed by atoms with Gasteiger partial charge in [-0.15, -0.1) is 0 Å². The summed E-state index contributed by atoms with van der Waals surface area (Å²) in [6.07, 6.45) is 3.48. The second kappa shape index (κ2) is 7.71. The third-order valence-corrected chi connectivity index (χ3v) is 6.14. The molecule has 0 saturated carbocycles. The second-order valence-corrected chi connectivity index (χ2v) is 8.32. The van der Waals surface area contributed by atoms with Crippen molar-refractivity contribution < 1.29 is 14.3 Å². The number of hydrogen-bond donors (Lipinski definition) is 3. The van der Waals surface area contributed by atoms with E-state index in [9.17, 15) is 14.3 Å². The molecule has 2 aromatic heterocycles. The molecule has 5 rings (SSSR count). The first kappa shape index (κ1) is 20.1. The minimum Gasteiger partial charge on any atom is -0.494 e. The van der Waals surface area contributed by atoms with Gasteiger partial charge < -0.3 is 20.0 Å². The van der Waals surface area contributed by atoms with Gasteiger partial charge in [-0.25, -0.2) is 4.39 Å². The Balaban J connectivity index is 1.55. The summed E-state index contributed by atoms with van der Waals surface area (Å²) in [6.45, 7) is 2.42. The average Bonchev–Trinajstić information content (AvgIpc) is 3.28. The maximum absolute atomic E-state index is 14.0. The molecule has 1 aliphatic carbocycles. The van der Waals surface area contributed by atoms with E-state index in [1.807, 2.05) is 50.4 Å². The number of aromatic hydroxyl groups is 1. The number of hydrogen-bond acceptors (Lipinski definition) is 2. The fourth-order valence-corrected chi connectivity index (χ4v) is 4.68. The molecule has 0 unspecified atom stereocenters. The lowest BCUT2D eigenvalue weighted by Gasteiger charge is -2.20. The number of halogens is 1. The number of H-pyrrole nitrogens is 2. The highest BCUT2D eigenvalue weighted by Crippen LogP contribution is 2.41. The molecule has 32 heavy (non-hydrogen) atoms. The maximum atomic E-state index is 14.0. The Morgan fingerprint density at radius 1 is 1.16 bits per heavy atom. The second-order valence-electron chi connectivity index (χ2n) is 8.32. The van der Waals surface area contributed by atoms with Gasteiger partial charge in [-0.2, -0.15) is 0 Å². The van der Waals surface area contributed by atoms with Gasteiger partial charge in [-0.05, 0) is 49.1 Å². The summed E-state index contributed by atoms with van der Waals surface area (Å²) in [5.41, 5.74) is 6.28. The molecule has 0 aliphatic heterocycles. The minimum absolute atomic E-state index is 0.00831. The van der Waals surface area contributed by atoms with Crippen LogP contribution in [0.3, 0.4) is 0 Å². The Morgan fingerprint density at radius 3 is 2.72 bits per heavy atom. The number of amides is 1. The monoisotopic (exact) mass is 429 g/mol. The Bertz CT molecular complexity index is 1360. The van der Waals surface area contributed by atoms with Gasteiger partial charge in [0.15, 0.2) is 5.88 Å². The zero-order valence-electron chi connectivity index (χ0n) is 18.0. The van der Waals surface area contributed by atoms with Gasteiger partial charge >= 0.3 is 0 Å². The fraction of sp³-hybridized carbons (Fsp3) is 0.192. The van der Waals surface area contributed by atoms with Crippen LogP contribution in [0.1, 0.15) is 44.9 Å². The van der Waals surface area contributed by atoms with E-state index in [2.05, 4.69) is 9.97 Å². The van der Waals surface area contributed by atoms with Crippen molar-refractivity contribution in [3.05, 3.63) is 94.1 Å². The van der Waals surface area contributed by atoms with Gasteiger partial charge in [0.25, 0.3) is 5.91 Å². The highest BCUT2D eigenvalue weighted by atomic mass is 19.1. The van der Waals surface area contributed by atoms with E-state index in [4.69, 9.17) is 0 Å². The molecule has 1 amide bonds. The first-order chi connectivity index (χ1) is 15.4. The van der Waals surface area contributed by atoms with Gasteiger partial charge in [-0.1, -0.05) is 36.4 Å². The van der Waals surface area contributed by atoms with Gasteiger partial charge in [-0.3, -0.25) is 4.79 Å². The molecule has 0 bridgehead atoms. The summed E-state index contributed by atoms with van der Waals surface area (Å²) < 4.78 is 14.0. The molecule has 4 aromatic rings. The van der Waals surface area contributed by atoms with E-state index in [1.54, 1.807) is 11.0 Å². The number of benzene rings is 2. The minimum atomic E-state index is -0.365. The number of fused-ring (bicyclic) bond motifs is 2. The topological polar surface area (TPSA) is 72.1 Å². The summed E-state index contributed by atoms with van der Waals surface area (Å²) >= 11 is 0. The van der Waals surface area contributed by atoms with Crippen molar-refractivity contribution in [1.29, 1.82) is 0 Å². The molecule has 0 spiro atoms. The third-order valence-electron chi connectivity index (χ3n) is 6.14. The zero-order valence-corrected chi connectivity index (χ0v) is 18.0. The van der Waals surface area contributed by atoms with E-state index in [1.165, 1.54) is 12.1 Å². The lowest BCUT2D eigenvalue weighted by Crippen LogP contribution is -2.27. The van der Waals surface area contributed by atoms with Gasteiger partial charge in [0, 0.05) is 35.8 Å². The summed E-state index contributed by atoms with van der Waals surface area (Å²) in [5.74, 6) is -0.416. The van der Waals surface area contributed by atoms with E-state index < -0.39 is 0 Å². The quantitative estimate of drug-likeness (QED) is 0.412. The summed E-state index contributed by atoms with van der Waals surface area (Å²) in [5, 5.41) is 11.2. The van der Waals surface area contributed by atoms with Gasteiger partial charge in [0.05, 0.1) is 16.8 Å². The Hall–Kier alpha value is -3.80. The van der Waals surface area contributed by atoms with Crippen LogP contribution in [-0.4, -0.2) is 32.9 Å². The number of aryl methyl sites for hydroxylation is 1. The number of aromatic amines is 2. The van der Waals surface area contributed by atoms with Crippen LogP contribution in [0.4, 0.5) is 4.39 Å². The van der Waals surface area contributed by atoms with Crippen molar-refractivity contribution in [3.8, 4) is 5.88 Å². The SMILES string of the molecule is Cc1[nH]c2c(c1C(=O)N(C)Cc1ccccc1)CCC=C2c1c(O)[nH]c2ccc(F)cc12. The van der Waals surface area contributed by atoms with Crippen LogP contribution in [0.5, 0.6) is 5.88 Å². The van der Waals surface area contributed by atoms with Crippen LogP contribution in [0, 0.1) is 12.7 Å². The van der Waals surface area contributed by atoms with Crippen LogP contribution in [-0.2, 0) is 13.0 Å². The number of carbonyl (C=O) groups excluding carboxylic acids is 1. The van der Waals surface area contributed by atoms with Gasteiger partial charge in [0.1, 0.15) is 5.82 Å². The van der Waals surface area contributed by atoms with Crippen molar-refractivity contribution in [1.82, 2.24) is 14.9 Å². The number of nitrogens with one attached hydrogen (secondary N) is 2. The lowest BCUT2D eigenvalue weighted by atomic mass is 9.89. The third kappa shape index (κ3) is 3.28. The maximum Gasteiger partial charge on any atom is 0.256 e. The highest BCUT2D eigenvalue weighted by Gasteiger charge is 2.29. The van der Waals surface area contributed by atoms with Crippen LogP contribution >= 0.6 is 0 Å². The summed E-state index contributed by atoms with van der Waals surface area (Å²) in [6, 6.07) is 14.3. The molecule has 0 fully saturated rings. The lowest BCUT2D eigenvalue weighted by molar-refractivity contribution is 0.0783. The fourth-order valence-electron chi connectivity index (χ4n) is 4.68. The van der Waals surface area contributed by atoms with Crippen molar-refractivity contribution in [2.45, 2.75) is 26.3 Å². The molecule has 3 N–H and O–H groups in total. The summed E-state index contributed by atoms with van der Waals surface area (Å²) in [4.78, 5) is 21.4. The molecule has 0 radical (unpaired) electrons. The van der Waals surface area contributed by atoms with E-state index in [0.29, 0.717) is 28.6 Å². The first-order valence-electron chi connectivity index (χ1n) is 10.7. The van der Waals surface area contributed by atoms with Crippen molar-refractivity contribution >= 4 is 22.4 Å². The standard InChI is InChI=1S/C26H24FN3O2/c1-15-22(26(32)30(2)14-16-7-4-3-5-8-16)18-9-6-10-19(24(18)28-15)23-20-13-17(27)11-12-21(20)29-25(23)31/h3-5,7-8,10-13,28-29,31H,6,9,14H2,1-2H3. The average molecular weight is 429 g/mol. The molecule has 2 heterocycles. The van der Waals surface area contributed by atoms with Crippen LogP contribution < -0.4 is 0 Å². The van der Waals surface area contributed by atoms with Crippen molar-refractivity contribution in [2.24, 2.45) is 0 Å².